The fraction of sp³-hybridized carbons (Fsp3) is 1.00. The van der Waals surface area contributed by atoms with Crippen LogP contribution in [0.1, 0.15) is 19.8 Å². The molecule has 78 valence electrons. The summed E-state index contributed by atoms with van der Waals surface area (Å²) in [6.45, 7) is 2.64. The van der Waals surface area contributed by atoms with Crippen molar-refractivity contribution in [3.63, 3.8) is 0 Å². The summed E-state index contributed by atoms with van der Waals surface area (Å²) in [5.41, 5.74) is 0. The van der Waals surface area contributed by atoms with Gasteiger partial charge in [-0.2, -0.15) is 17.4 Å². The molecule has 0 aromatic heterocycles. The highest BCUT2D eigenvalue weighted by molar-refractivity contribution is 7.87. The Morgan fingerprint density at radius 2 is 2.00 bits per heavy atom. The van der Waals surface area contributed by atoms with Gasteiger partial charge in [0.1, 0.15) is 0 Å². The molecule has 0 aromatic carbocycles. The SMILES string of the molecule is C[C@H](CO)NS(=O)(=O)N1CCCC1. The van der Waals surface area contributed by atoms with Gasteiger partial charge < -0.3 is 5.11 Å². The summed E-state index contributed by atoms with van der Waals surface area (Å²) in [6.07, 6.45) is 1.85. The molecule has 6 heteroatoms. The molecule has 1 heterocycles. The summed E-state index contributed by atoms with van der Waals surface area (Å²) in [5, 5.41) is 8.70. The molecule has 1 atom stereocenters. The van der Waals surface area contributed by atoms with Crippen LogP contribution in [0.2, 0.25) is 0 Å². The monoisotopic (exact) mass is 208 g/mol. The van der Waals surface area contributed by atoms with Crippen LogP contribution in [0.5, 0.6) is 0 Å². The van der Waals surface area contributed by atoms with Crippen LogP contribution < -0.4 is 4.72 Å². The molecule has 0 bridgehead atoms. The molecule has 1 rings (SSSR count). The Bertz CT molecular complexity index is 246. The highest BCUT2D eigenvalue weighted by atomic mass is 32.2. The van der Waals surface area contributed by atoms with Crippen molar-refractivity contribution in [3.8, 4) is 0 Å². The Balaban J connectivity index is 2.54. The van der Waals surface area contributed by atoms with Gasteiger partial charge >= 0.3 is 0 Å². The normalized spacial score (nSPS) is 22.0. The van der Waals surface area contributed by atoms with E-state index in [0.29, 0.717) is 13.1 Å². The molecule has 0 radical (unpaired) electrons. The van der Waals surface area contributed by atoms with Gasteiger partial charge in [-0.25, -0.2) is 0 Å². The Kier molecular flexibility index (Phi) is 3.66. The standard InChI is InChI=1S/C7H16N2O3S/c1-7(6-10)8-13(11,12)9-4-2-3-5-9/h7-8,10H,2-6H2,1H3/t7-/m1/s1. The summed E-state index contributed by atoms with van der Waals surface area (Å²) >= 11 is 0. The summed E-state index contributed by atoms with van der Waals surface area (Å²) in [6, 6.07) is -0.411. The Labute approximate surface area is 78.9 Å². The third-order valence-corrected chi connectivity index (χ3v) is 3.77. The first-order valence-corrected chi connectivity index (χ1v) is 5.88. The Morgan fingerprint density at radius 3 is 2.46 bits per heavy atom. The lowest BCUT2D eigenvalue weighted by Crippen LogP contribution is -2.44. The topological polar surface area (TPSA) is 69.6 Å². The summed E-state index contributed by atoms with van der Waals surface area (Å²) in [4.78, 5) is 0. The van der Waals surface area contributed by atoms with Gasteiger partial charge in [0.2, 0.25) is 0 Å². The fourth-order valence-electron chi connectivity index (χ4n) is 1.29. The average molecular weight is 208 g/mol. The second kappa shape index (κ2) is 4.36. The van der Waals surface area contributed by atoms with E-state index in [2.05, 4.69) is 4.72 Å². The van der Waals surface area contributed by atoms with Crippen LogP contribution in [0, 0.1) is 0 Å². The van der Waals surface area contributed by atoms with E-state index in [0.717, 1.165) is 12.8 Å². The molecule has 0 unspecified atom stereocenters. The fourth-order valence-corrected chi connectivity index (χ4v) is 2.77. The van der Waals surface area contributed by atoms with Crippen LogP contribution in [-0.2, 0) is 10.2 Å². The number of nitrogens with one attached hydrogen (secondary N) is 1. The minimum absolute atomic E-state index is 0.174. The third kappa shape index (κ3) is 2.91. The molecule has 0 amide bonds. The van der Waals surface area contributed by atoms with Gasteiger partial charge in [-0.3, -0.25) is 0 Å². The lowest BCUT2D eigenvalue weighted by molar-refractivity contribution is 0.263. The van der Waals surface area contributed by atoms with E-state index < -0.39 is 16.3 Å². The second-order valence-electron chi connectivity index (χ2n) is 3.31. The predicted octanol–water partition coefficient (Wildman–Crippen LogP) is -0.703. The van der Waals surface area contributed by atoms with Crippen molar-refractivity contribution >= 4 is 10.2 Å². The van der Waals surface area contributed by atoms with Crippen molar-refractivity contribution < 1.29 is 13.5 Å². The zero-order valence-electron chi connectivity index (χ0n) is 7.73. The quantitative estimate of drug-likeness (QED) is 0.641. The number of aliphatic hydroxyl groups excluding tert-OH is 1. The van der Waals surface area contributed by atoms with Crippen LogP contribution in [0.15, 0.2) is 0 Å². The summed E-state index contributed by atoms with van der Waals surface area (Å²) in [7, 11) is -3.35. The van der Waals surface area contributed by atoms with Crippen LogP contribution in [0.4, 0.5) is 0 Å². The molecule has 0 saturated carbocycles. The minimum atomic E-state index is -3.35. The van der Waals surface area contributed by atoms with Gasteiger partial charge in [-0.1, -0.05) is 0 Å². The van der Waals surface area contributed by atoms with Gasteiger partial charge in [0.05, 0.1) is 6.61 Å². The maximum atomic E-state index is 11.5. The van der Waals surface area contributed by atoms with Crippen LogP contribution >= 0.6 is 0 Å². The van der Waals surface area contributed by atoms with Gasteiger partial charge in [0, 0.05) is 19.1 Å². The van der Waals surface area contributed by atoms with E-state index in [-0.39, 0.29) is 6.61 Å². The highest BCUT2D eigenvalue weighted by Gasteiger charge is 2.25. The van der Waals surface area contributed by atoms with Crippen LogP contribution in [0.25, 0.3) is 0 Å². The van der Waals surface area contributed by atoms with Crippen LogP contribution in [-0.4, -0.2) is 43.6 Å². The first-order valence-electron chi connectivity index (χ1n) is 4.44. The van der Waals surface area contributed by atoms with E-state index in [1.54, 1.807) is 6.92 Å². The predicted molar refractivity (Wildman–Crippen MR) is 49.4 cm³/mol. The Morgan fingerprint density at radius 1 is 1.46 bits per heavy atom. The number of hydrogen-bond donors (Lipinski definition) is 2. The van der Waals surface area contributed by atoms with E-state index in [1.807, 2.05) is 0 Å². The molecule has 2 N–H and O–H groups in total. The number of nitrogens with zero attached hydrogens (tertiary/aromatic N) is 1. The maximum Gasteiger partial charge on any atom is 0.279 e. The van der Waals surface area contributed by atoms with E-state index in [1.165, 1.54) is 4.31 Å². The van der Waals surface area contributed by atoms with E-state index in [4.69, 9.17) is 5.11 Å². The molecular weight excluding hydrogens is 192 g/mol. The van der Waals surface area contributed by atoms with Gasteiger partial charge in [0.25, 0.3) is 10.2 Å². The second-order valence-corrected chi connectivity index (χ2v) is 5.01. The van der Waals surface area contributed by atoms with Crippen molar-refractivity contribution in [2.24, 2.45) is 0 Å². The molecule has 1 fully saturated rings. The van der Waals surface area contributed by atoms with Crippen molar-refractivity contribution in [1.29, 1.82) is 0 Å². The summed E-state index contributed by atoms with van der Waals surface area (Å²) < 4.78 is 26.8. The van der Waals surface area contributed by atoms with Crippen molar-refractivity contribution in [1.82, 2.24) is 9.03 Å². The third-order valence-electron chi connectivity index (χ3n) is 2.03. The van der Waals surface area contributed by atoms with Crippen LogP contribution in [0.3, 0.4) is 0 Å². The largest absolute Gasteiger partial charge is 0.395 e. The molecule has 0 aromatic rings. The van der Waals surface area contributed by atoms with Crippen molar-refractivity contribution in [2.75, 3.05) is 19.7 Å². The lowest BCUT2D eigenvalue weighted by atomic mass is 10.4. The molecular formula is C7H16N2O3S. The van der Waals surface area contributed by atoms with E-state index in [9.17, 15) is 8.42 Å². The molecule has 1 aliphatic rings. The lowest BCUT2D eigenvalue weighted by Gasteiger charge is -2.18. The zero-order chi connectivity index (χ0) is 9.90. The highest BCUT2D eigenvalue weighted by Crippen LogP contribution is 2.11. The van der Waals surface area contributed by atoms with Gasteiger partial charge in [0.15, 0.2) is 0 Å². The maximum absolute atomic E-state index is 11.5. The van der Waals surface area contributed by atoms with Gasteiger partial charge in [-0.05, 0) is 19.8 Å². The molecule has 1 aliphatic heterocycles. The number of hydrogen-bond acceptors (Lipinski definition) is 3. The zero-order valence-corrected chi connectivity index (χ0v) is 8.55. The average Bonchev–Trinajstić information content (AvgIpc) is 2.55. The number of aliphatic hydroxyl groups is 1. The molecule has 0 spiro atoms. The molecule has 1 saturated heterocycles. The first kappa shape index (κ1) is 10.9. The van der Waals surface area contributed by atoms with Crippen molar-refractivity contribution in [2.45, 2.75) is 25.8 Å². The molecule has 13 heavy (non-hydrogen) atoms. The Hall–Kier alpha value is -0.170. The molecule has 0 aliphatic carbocycles. The van der Waals surface area contributed by atoms with Crippen molar-refractivity contribution in [3.05, 3.63) is 0 Å². The first-order chi connectivity index (χ1) is 6.06. The number of rotatable bonds is 4. The summed E-state index contributed by atoms with van der Waals surface area (Å²) in [5.74, 6) is 0. The molecule has 5 nitrogen and oxygen atoms in total. The van der Waals surface area contributed by atoms with Gasteiger partial charge in [-0.15, -0.1) is 0 Å². The minimum Gasteiger partial charge on any atom is -0.395 e. The smallest absolute Gasteiger partial charge is 0.279 e. The van der Waals surface area contributed by atoms with E-state index >= 15 is 0 Å².